The van der Waals surface area contributed by atoms with Crippen LogP contribution in [-0.4, -0.2) is 43.2 Å². The van der Waals surface area contributed by atoms with E-state index in [-0.39, 0.29) is 5.69 Å². The quantitative estimate of drug-likeness (QED) is 0.791. The molecule has 1 aliphatic rings. The van der Waals surface area contributed by atoms with Crippen LogP contribution in [0.4, 0.5) is 6.01 Å². The van der Waals surface area contributed by atoms with Gasteiger partial charge in [0.15, 0.2) is 5.69 Å². The summed E-state index contributed by atoms with van der Waals surface area (Å²) in [5, 5.41) is 3.30. The molecule has 1 fully saturated rings. The third kappa shape index (κ3) is 2.64. The predicted molar refractivity (Wildman–Crippen MR) is 66.8 cm³/mol. The number of nitrogens with one attached hydrogen (secondary N) is 1. The summed E-state index contributed by atoms with van der Waals surface area (Å²) in [5.74, 6) is -0.437. The van der Waals surface area contributed by atoms with Crippen molar-refractivity contribution in [3.63, 3.8) is 0 Å². The van der Waals surface area contributed by atoms with E-state index < -0.39 is 5.97 Å². The molecule has 1 unspecified atom stereocenters. The van der Waals surface area contributed by atoms with Crippen molar-refractivity contribution >= 4 is 12.0 Å². The molecule has 100 valence electrons. The van der Waals surface area contributed by atoms with Gasteiger partial charge in [-0.15, -0.1) is 0 Å². The van der Waals surface area contributed by atoms with Gasteiger partial charge in [-0.3, -0.25) is 0 Å². The number of nitrogens with zero attached hydrogens (tertiary/aromatic N) is 2. The molecule has 1 aliphatic heterocycles. The van der Waals surface area contributed by atoms with E-state index in [1.54, 1.807) is 6.92 Å². The summed E-state index contributed by atoms with van der Waals surface area (Å²) in [6.45, 7) is 6.88. The van der Waals surface area contributed by atoms with Crippen molar-refractivity contribution in [1.82, 2.24) is 10.3 Å². The van der Waals surface area contributed by atoms with Crippen LogP contribution >= 0.6 is 0 Å². The average molecular weight is 253 g/mol. The zero-order chi connectivity index (χ0) is 13.0. The maximum absolute atomic E-state index is 11.5. The van der Waals surface area contributed by atoms with Gasteiger partial charge in [-0.1, -0.05) is 0 Å². The molecule has 1 aromatic heterocycles. The summed E-state index contributed by atoms with van der Waals surface area (Å²) in [4.78, 5) is 17.8. The highest BCUT2D eigenvalue weighted by atomic mass is 16.5. The van der Waals surface area contributed by atoms with Gasteiger partial charge in [-0.25, -0.2) is 4.79 Å². The largest absolute Gasteiger partial charge is 0.461 e. The fourth-order valence-electron chi connectivity index (χ4n) is 2.15. The Hall–Kier alpha value is -1.56. The maximum Gasteiger partial charge on any atom is 0.360 e. The van der Waals surface area contributed by atoms with Crippen LogP contribution in [0.25, 0.3) is 0 Å². The highest BCUT2D eigenvalue weighted by Gasteiger charge is 2.25. The minimum absolute atomic E-state index is 0.233. The van der Waals surface area contributed by atoms with E-state index in [9.17, 15) is 4.79 Å². The van der Waals surface area contributed by atoms with Crippen molar-refractivity contribution in [2.75, 3.05) is 31.1 Å². The zero-order valence-electron chi connectivity index (χ0n) is 10.8. The monoisotopic (exact) mass is 253 g/mol. The van der Waals surface area contributed by atoms with Crippen LogP contribution in [0, 0.1) is 0 Å². The van der Waals surface area contributed by atoms with Crippen molar-refractivity contribution in [2.45, 2.75) is 26.3 Å². The molecule has 1 saturated heterocycles. The molecule has 0 spiro atoms. The lowest BCUT2D eigenvalue weighted by Gasteiger charge is -2.24. The van der Waals surface area contributed by atoms with Crippen molar-refractivity contribution in [2.24, 2.45) is 0 Å². The van der Waals surface area contributed by atoms with Crippen molar-refractivity contribution < 1.29 is 13.9 Å². The number of esters is 1. The molecule has 1 atom stereocenters. The van der Waals surface area contributed by atoms with E-state index in [0.717, 1.165) is 26.1 Å². The minimum Gasteiger partial charge on any atom is -0.461 e. The molecule has 1 N–H and O–H groups in total. The molecular weight excluding hydrogens is 234 g/mol. The average Bonchev–Trinajstić information content (AvgIpc) is 3.01. The predicted octanol–water partition coefficient (Wildman–Crippen LogP) is 1.04. The van der Waals surface area contributed by atoms with Gasteiger partial charge in [0.1, 0.15) is 6.26 Å². The standard InChI is InChI=1S/C12H19N3O3/c1-3-15(9-5-6-13-7-9)12-14-10(8-18-12)11(16)17-4-2/h8-9,13H,3-7H2,1-2H3. The smallest absolute Gasteiger partial charge is 0.360 e. The molecule has 2 heterocycles. The van der Waals surface area contributed by atoms with Gasteiger partial charge in [0, 0.05) is 19.1 Å². The summed E-state index contributed by atoms with van der Waals surface area (Å²) in [5.41, 5.74) is 0.233. The Morgan fingerprint density at radius 1 is 1.67 bits per heavy atom. The van der Waals surface area contributed by atoms with Crippen LogP contribution in [0.3, 0.4) is 0 Å². The van der Waals surface area contributed by atoms with Crippen LogP contribution in [0.1, 0.15) is 30.8 Å². The lowest BCUT2D eigenvalue weighted by Crippen LogP contribution is -2.37. The van der Waals surface area contributed by atoms with E-state index in [0.29, 0.717) is 18.7 Å². The number of hydrogen-bond donors (Lipinski definition) is 1. The summed E-state index contributed by atoms with van der Waals surface area (Å²) >= 11 is 0. The Kier molecular flexibility index (Phi) is 4.19. The number of hydrogen-bond acceptors (Lipinski definition) is 6. The van der Waals surface area contributed by atoms with E-state index in [1.807, 2.05) is 6.92 Å². The minimum atomic E-state index is -0.437. The van der Waals surface area contributed by atoms with E-state index in [4.69, 9.17) is 9.15 Å². The zero-order valence-corrected chi connectivity index (χ0v) is 10.8. The second-order valence-electron chi connectivity index (χ2n) is 4.17. The molecule has 2 rings (SSSR count). The molecule has 6 heteroatoms. The van der Waals surface area contributed by atoms with E-state index >= 15 is 0 Å². The van der Waals surface area contributed by atoms with Gasteiger partial charge in [0.05, 0.1) is 6.61 Å². The summed E-state index contributed by atoms with van der Waals surface area (Å²) < 4.78 is 10.3. The molecule has 0 aliphatic carbocycles. The first-order valence-corrected chi connectivity index (χ1v) is 6.36. The Labute approximate surface area is 106 Å². The Morgan fingerprint density at radius 3 is 3.11 bits per heavy atom. The van der Waals surface area contributed by atoms with Gasteiger partial charge in [0.25, 0.3) is 6.01 Å². The second-order valence-corrected chi connectivity index (χ2v) is 4.17. The highest BCUT2D eigenvalue weighted by molar-refractivity contribution is 5.87. The van der Waals surface area contributed by atoms with Crippen LogP contribution in [-0.2, 0) is 4.74 Å². The number of rotatable bonds is 5. The molecular formula is C12H19N3O3. The topological polar surface area (TPSA) is 67.6 Å². The Morgan fingerprint density at radius 2 is 2.50 bits per heavy atom. The van der Waals surface area contributed by atoms with Crippen LogP contribution in [0.5, 0.6) is 0 Å². The van der Waals surface area contributed by atoms with E-state index in [1.165, 1.54) is 6.26 Å². The fourth-order valence-corrected chi connectivity index (χ4v) is 2.15. The molecule has 1 aromatic rings. The number of aromatic nitrogens is 1. The number of ether oxygens (including phenoxy) is 1. The van der Waals surface area contributed by atoms with Gasteiger partial charge in [-0.2, -0.15) is 4.98 Å². The molecule has 18 heavy (non-hydrogen) atoms. The SMILES string of the molecule is CCOC(=O)c1coc(N(CC)C2CCNC2)n1. The number of carbonyl (C=O) groups is 1. The number of likely N-dealkylation sites (N-methyl/N-ethyl adjacent to an activating group) is 1. The third-order valence-corrected chi connectivity index (χ3v) is 3.04. The summed E-state index contributed by atoms with van der Waals surface area (Å²) in [6.07, 6.45) is 2.42. The third-order valence-electron chi connectivity index (χ3n) is 3.04. The molecule has 0 aromatic carbocycles. The van der Waals surface area contributed by atoms with Gasteiger partial charge in [-0.05, 0) is 26.8 Å². The fraction of sp³-hybridized carbons (Fsp3) is 0.667. The molecule has 0 saturated carbocycles. The number of anilines is 1. The first-order chi connectivity index (χ1) is 8.76. The van der Waals surface area contributed by atoms with E-state index in [2.05, 4.69) is 15.2 Å². The summed E-state index contributed by atoms with van der Waals surface area (Å²) in [6, 6.07) is 0.873. The first-order valence-electron chi connectivity index (χ1n) is 6.36. The molecule has 6 nitrogen and oxygen atoms in total. The normalized spacial score (nSPS) is 18.9. The Balaban J connectivity index is 2.09. The van der Waals surface area contributed by atoms with Gasteiger partial charge in [0.2, 0.25) is 0 Å². The molecule has 0 bridgehead atoms. The first kappa shape index (κ1) is 12.9. The van der Waals surface area contributed by atoms with Gasteiger partial charge < -0.3 is 19.4 Å². The maximum atomic E-state index is 11.5. The summed E-state index contributed by atoms with van der Waals surface area (Å²) in [7, 11) is 0. The Bertz CT molecular complexity index is 399. The highest BCUT2D eigenvalue weighted by Crippen LogP contribution is 2.19. The van der Waals surface area contributed by atoms with Crippen molar-refractivity contribution in [3.05, 3.63) is 12.0 Å². The second kappa shape index (κ2) is 5.86. The lowest BCUT2D eigenvalue weighted by molar-refractivity contribution is 0.0519. The van der Waals surface area contributed by atoms with Crippen LogP contribution in [0.15, 0.2) is 10.7 Å². The van der Waals surface area contributed by atoms with Crippen LogP contribution in [0.2, 0.25) is 0 Å². The van der Waals surface area contributed by atoms with Crippen LogP contribution < -0.4 is 10.2 Å². The number of carbonyl (C=O) groups excluding carboxylic acids is 1. The van der Waals surface area contributed by atoms with Crippen molar-refractivity contribution in [1.29, 1.82) is 0 Å². The van der Waals surface area contributed by atoms with Crippen molar-refractivity contribution in [3.8, 4) is 0 Å². The molecule has 0 radical (unpaired) electrons. The molecule has 0 amide bonds. The van der Waals surface area contributed by atoms with Gasteiger partial charge >= 0.3 is 5.97 Å². The lowest BCUT2D eigenvalue weighted by atomic mass is 10.2. The number of oxazole rings is 1.